The summed E-state index contributed by atoms with van der Waals surface area (Å²) in [6, 6.07) is 0. The summed E-state index contributed by atoms with van der Waals surface area (Å²) in [5.41, 5.74) is 2.90. The second kappa shape index (κ2) is 3.25. The van der Waals surface area contributed by atoms with Crippen LogP contribution in [0, 0.1) is 11.8 Å². The van der Waals surface area contributed by atoms with E-state index in [9.17, 15) is 0 Å². The average Bonchev–Trinajstić information content (AvgIpc) is 1.94. The zero-order valence-corrected chi connectivity index (χ0v) is 7.85. The van der Waals surface area contributed by atoms with Crippen LogP contribution in [-0.4, -0.2) is 0 Å². The van der Waals surface area contributed by atoms with E-state index >= 15 is 0 Å². The van der Waals surface area contributed by atoms with Crippen LogP contribution in [0.15, 0.2) is 23.8 Å². The van der Waals surface area contributed by atoms with Crippen LogP contribution < -0.4 is 0 Å². The van der Waals surface area contributed by atoms with Crippen molar-refractivity contribution in [3.8, 4) is 0 Å². The lowest BCUT2D eigenvalue weighted by Crippen LogP contribution is -2.07. The molecule has 0 saturated heterocycles. The summed E-state index contributed by atoms with van der Waals surface area (Å²) in [6.07, 6.45) is 4.86. The minimum Gasteiger partial charge on any atom is -0.0956 e. The molecule has 1 unspecified atom stereocenters. The fourth-order valence-corrected chi connectivity index (χ4v) is 1.48. The van der Waals surface area contributed by atoms with E-state index in [4.69, 9.17) is 0 Å². The molecule has 1 rings (SSSR count). The highest BCUT2D eigenvalue weighted by Crippen LogP contribution is 2.30. The van der Waals surface area contributed by atoms with Gasteiger partial charge >= 0.3 is 0 Å². The van der Waals surface area contributed by atoms with Gasteiger partial charge in [0.15, 0.2) is 0 Å². The Labute approximate surface area is 70.0 Å². The monoisotopic (exact) mass is 150 g/mol. The molecular weight excluding hydrogens is 132 g/mol. The Bertz CT molecular complexity index is 184. The summed E-state index contributed by atoms with van der Waals surface area (Å²) in [6.45, 7) is 10.8. The molecule has 0 heterocycles. The lowest BCUT2D eigenvalue weighted by molar-refractivity contribution is 0.564. The molecule has 0 N–H and O–H groups in total. The highest BCUT2D eigenvalue weighted by atomic mass is 14.2. The smallest absolute Gasteiger partial charge is 0.0193 e. The molecule has 0 radical (unpaired) electrons. The third-order valence-electron chi connectivity index (χ3n) is 2.61. The number of rotatable bonds is 1. The van der Waals surface area contributed by atoms with Gasteiger partial charge in [-0.25, -0.2) is 0 Å². The minimum atomic E-state index is 0.706. The normalized spacial score (nSPS) is 25.6. The minimum absolute atomic E-state index is 0.706. The molecule has 0 amide bonds. The van der Waals surface area contributed by atoms with Crippen LogP contribution in [0.4, 0.5) is 0 Å². The van der Waals surface area contributed by atoms with E-state index in [1.165, 1.54) is 18.4 Å². The van der Waals surface area contributed by atoms with Gasteiger partial charge in [-0.05, 0) is 24.7 Å². The van der Waals surface area contributed by atoms with Gasteiger partial charge in [-0.3, -0.25) is 0 Å². The maximum Gasteiger partial charge on any atom is -0.0193 e. The van der Waals surface area contributed by atoms with Crippen LogP contribution >= 0.6 is 0 Å². The standard InChI is InChI=1S/C11H18/c1-8(2)11-6-5-9(3)10(4)7-11/h7-9H,4-6H2,1-3H3. The highest BCUT2D eigenvalue weighted by Gasteiger charge is 2.14. The van der Waals surface area contributed by atoms with E-state index in [2.05, 4.69) is 33.4 Å². The van der Waals surface area contributed by atoms with E-state index in [1.807, 2.05) is 0 Å². The largest absolute Gasteiger partial charge is 0.0956 e. The van der Waals surface area contributed by atoms with Crippen molar-refractivity contribution < 1.29 is 0 Å². The van der Waals surface area contributed by atoms with E-state index in [1.54, 1.807) is 5.57 Å². The van der Waals surface area contributed by atoms with Gasteiger partial charge in [-0.1, -0.05) is 44.6 Å². The van der Waals surface area contributed by atoms with Crippen LogP contribution in [-0.2, 0) is 0 Å². The van der Waals surface area contributed by atoms with Gasteiger partial charge < -0.3 is 0 Å². The molecule has 0 spiro atoms. The molecule has 0 heteroatoms. The van der Waals surface area contributed by atoms with Crippen molar-refractivity contribution in [3.63, 3.8) is 0 Å². The van der Waals surface area contributed by atoms with E-state index < -0.39 is 0 Å². The number of hydrogen-bond acceptors (Lipinski definition) is 0. The first kappa shape index (κ1) is 8.58. The molecular formula is C11H18. The van der Waals surface area contributed by atoms with Crippen LogP contribution in [0.5, 0.6) is 0 Å². The van der Waals surface area contributed by atoms with Crippen LogP contribution in [0.1, 0.15) is 33.6 Å². The Morgan fingerprint density at radius 3 is 2.64 bits per heavy atom. The van der Waals surface area contributed by atoms with Crippen molar-refractivity contribution in [2.24, 2.45) is 11.8 Å². The Hall–Kier alpha value is -0.520. The van der Waals surface area contributed by atoms with Gasteiger partial charge in [0.05, 0.1) is 0 Å². The second-order valence-electron chi connectivity index (χ2n) is 3.89. The topological polar surface area (TPSA) is 0 Å². The van der Waals surface area contributed by atoms with Crippen molar-refractivity contribution in [3.05, 3.63) is 23.8 Å². The number of hydrogen-bond donors (Lipinski definition) is 0. The molecule has 0 aromatic carbocycles. The van der Waals surface area contributed by atoms with Gasteiger partial charge in [0, 0.05) is 0 Å². The number of allylic oxidation sites excluding steroid dienone is 3. The molecule has 1 atom stereocenters. The molecule has 1 aliphatic rings. The molecule has 1 aliphatic carbocycles. The fraction of sp³-hybridized carbons (Fsp3) is 0.636. The molecule has 0 nitrogen and oxygen atoms in total. The second-order valence-corrected chi connectivity index (χ2v) is 3.89. The van der Waals surface area contributed by atoms with Gasteiger partial charge in [-0.15, -0.1) is 0 Å². The predicted octanol–water partition coefficient (Wildman–Crippen LogP) is 3.55. The van der Waals surface area contributed by atoms with E-state index in [0.29, 0.717) is 11.8 Å². The molecule has 62 valence electrons. The van der Waals surface area contributed by atoms with E-state index in [0.717, 1.165) is 0 Å². The maximum absolute atomic E-state index is 4.05. The highest BCUT2D eigenvalue weighted by molar-refractivity contribution is 5.27. The van der Waals surface area contributed by atoms with Gasteiger partial charge in [0.25, 0.3) is 0 Å². The molecule has 0 saturated carbocycles. The van der Waals surface area contributed by atoms with Gasteiger partial charge in [0.2, 0.25) is 0 Å². The Kier molecular flexibility index (Phi) is 2.53. The molecule has 0 bridgehead atoms. The Balaban J connectivity index is 2.71. The Morgan fingerprint density at radius 1 is 1.55 bits per heavy atom. The first-order valence-electron chi connectivity index (χ1n) is 4.50. The van der Waals surface area contributed by atoms with Gasteiger partial charge in [-0.2, -0.15) is 0 Å². The van der Waals surface area contributed by atoms with Gasteiger partial charge in [0.1, 0.15) is 0 Å². The average molecular weight is 150 g/mol. The van der Waals surface area contributed by atoms with Crippen molar-refractivity contribution in [1.82, 2.24) is 0 Å². The Morgan fingerprint density at radius 2 is 2.18 bits per heavy atom. The summed E-state index contributed by atoms with van der Waals surface area (Å²) in [4.78, 5) is 0. The molecule has 0 aromatic rings. The zero-order chi connectivity index (χ0) is 8.43. The molecule has 0 aromatic heterocycles. The summed E-state index contributed by atoms with van der Waals surface area (Å²) in [7, 11) is 0. The zero-order valence-electron chi connectivity index (χ0n) is 7.85. The lowest BCUT2D eigenvalue weighted by atomic mass is 9.83. The lowest BCUT2D eigenvalue weighted by Gasteiger charge is -2.22. The van der Waals surface area contributed by atoms with Crippen molar-refractivity contribution >= 4 is 0 Å². The summed E-state index contributed by atoms with van der Waals surface area (Å²) < 4.78 is 0. The predicted molar refractivity (Wildman–Crippen MR) is 50.5 cm³/mol. The molecule has 11 heavy (non-hydrogen) atoms. The quantitative estimate of drug-likeness (QED) is 0.536. The fourth-order valence-electron chi connectivity index (χ4n) is 1.48. The van der Waals surface area contributed by atoms with Crippen molar-refractivity contribution in [2.75, 3.05) is 0 Å². The van der Waals surface area contributed by atoms with Crippen LogP contribution in [0.25, 0.3) is 0 Å². The maximum atomic E-state index is 4.05. The first-order valence-corrected chi connectivity index (χ1v) is 4.50. The summed E-state index contributed by atoms with van der Waals surface area (Å²) >= 11 is 0. The van der Waals surface area contributed by atoms with Crippen molar-refractivity contribution in [2.45, 2.75) is 33.6 Å². The van der Waals surface area contributed by atoms with Crippen LogP contribution in [0.3, 0.4) is 0 Å². The first-order chi connectivity index (χ1) is 5.11. The third-order valence-corrected chi connectivity index (χ3v) is 2.61. The summed E-state index contributed by atoms with van der Waals surface area (Å²) in [5, 5.41) is 0. The molecule has 0 aliphatic heterocycles. The molecule has 0 fully saturated rings. The van der Waals surface area contributed by atoms with Crippen LogP contribution in [0.2, 0.25) is 0 Å². The summed E-state index contributed by atoms with van der Waals surface area (Å²) in [5.74, 6) is 1.41. The van der Waals surface area contributed by atoms with Crippen molar-refractivity contribution in [1.29, 1.82) is 0 Å². The van der Waals surface area contributed by atoms with E-state index in [-0.39, 0.29) is 0 Å². The third kappa shape index (κ3) is 1.95. The SMILES string of the molecule is C=C1C=C(C(C)C)CCC1C.